The van der Waals surface area contributed by atoms with E-state index in [0.29, 0.717) is 6.54 Å². The maximum absolute atomic E-state index is 5.64. The van der Waals surface area contributed by atoms with E-state index in [9.17, 15) is 0 Å². The molecule has 20 heavy (non-hydrogen) atoms. The van der Waals surface area contributed by atoms with Crippen molar-refractivity contribution in [2.45, 2.75) is 12.6 Å². The zero-order chi connectivity index (χ0) is 14.5. The highest BCUT2D eigenvalue weighted by Gasteiger charge is 2.13. The van der Waals surface area contributed by atoms with Crippen LogP contribution < -0.4 is 15.8 Å². The number of ether oxygens (including phenoxy) is 1. The van der Waals surface area contributed by atoms with Gasteiger partial charge in [0.2, 0.25) is 0 Å². The highest BCUT2D eigenvalue weighted by atomic mass is 79.9. The van der Waals surface area contributed by atoms with Crippen LogP contribution >= 0.6 is 15.9 Å². The molecule has 3 nitrogen and oxygen atoms in total. The Bertz CT molecular complexity index is 569. The van der Waals surface area contributed by atoms with Crippen molar-refractivity contribution in [2.24, 2.45) is 5.73 Å². The van der Waals surface area contributed by atoms with Crippen molar-refractivity contribution in [3.05, 3.63) is 63.6 Å². The molecule has 1 atom stereocenters. The Morgan fingerprint density at radius 1 is 1.15 bits per heavy atom. The van der Waals surface area contributed by atoms with E-state index in [2.05, 4.69) is 57.6 Å². The summed E-state index contributed by atoms with van der Waals surface area (Å²) in [6.45, 7) is 0.568. The molecule has 2 rings (SSSR count). The summed E-state index contributed by atoms with van der Waals surface area (Å²) < 4.78 is 6.22. The predicted octanol–water partition coefficient (Wildman–Crippen LogP) is 3.23. The average molecular weight is 335 g/mol. The lowest BCUT2D eigenvalue weighted by molar-refractivity contribution is 0.412. The summed E-state index contributed by atoms with van der Waals surface area (Å²) in [5.74, 6) is 0.835. The minimum atomic E-state index is 0.143. The molecule has 0 saturated heterocycles. The Morgan fingerprint density at radius 2 is 1.80 bits per heavy atom. The minimum absolute atomic E-state index is 0.143. The van der Waals surface area contributed by atoms with E-state index in [1.807, 2.05) is 13.1 Å². The van der Waals surface area contributed by atoms with Crippen molar-refractivity contribution in [3.63, 3.8) is 0 Å². The van der Waals surface area contributed by atoms with Gasteiger partial charge in [-0.15, -0.1) is 0 Å². The van der Waals surface area contributed by atoms with Crippen LogP contribution in [0.3, 0.4) is 0 Å². The van der Waals surface area contributed by atoms with Crippen LogP contribution in [-0.2, 0) is 6.54 Å². The second kappa shape index (κ2) is 6.88. The largest absolute Gasteiger partial charge is 0.496 e. The second-order valence-corrected chi connectivity index (χ2v) is 5.42. The zero-order valence-electron chi connectivity index (χ0n) is 11.7. The fraction of sp³-hybridized carbons (Fsp3) is 0.250. The molecule has 0 heterocycles. The first-order valence-corrected chi connectivity index (χ1v) is 7.28. The number of halogens is 1. The van der Waals surface area contributed by atoms with Gasteiger partial charge in [0.15, 0.2) is 0 Å². The van der Waals surface area contributed by atoms with Crippen molar-refractivity contribution < 1.29 is 4.74 Å². The van der Waals surface area contributed by atoms with Gasteiger partial charge in [-0.05, 0) is 51.8 Å². The summed E-state index contributed by atoms with van der Waals surface area (Å²) in [6.07, 6.45) is 0. The molecule has 106 valence electrons. The van der Waals surface area contributed by atoms with E-state index >= 15 is 0 Å². The van der Waals surface area contributed by atoms with Gasteiger partial charge in [0.05, 0.1) is 17.6 Å². The first-order chi connectivity index (χ1) is 9.69. The van der Waals surface area contributed by atoms with Gasteiger partial charge in [0, 0.05) is 6.54 Å². The summed E-state index contributed by atoms with van der Waals surface area (Å²) in [4.78, 5) is 0. The van der Waals surface area contributed by atoms with E-state index in [1.54, 1.807) is 7.11 Å². The van der Waals surface area contributed by atoms with Crippen LogP contribution in [0, 0.1) is 0 Å². The monoisotopic (exact) mass is 334 g/mol. The second-order valence-electron chi connectivity index (χ2n) is 4.56. The maximum atomic E-state index is 5.64. The van der Waals surface area contributed by atoms with Gasteiger partial charge in [-0.2, -0.15) is 0 Å². The summed E-state index contributed by atoms with van der Waals surface area (Å²) in [7, 11) is 3.63. The van der Waals surface area contributed by atoms with Crippen LogP contribution in [0.2, 0.25) is 0 Å². The molecular formula is C16H19BrN2O. The Hall–Kier alpha value is -1.36. The summed E-state index contributed by atoms with van der Waals surface area (Å²) in [5.41, 5.74) is 9.17. The van der Waals surface area contributed by atoms with Crippen LogP contribution in [0.15, 0.2) is 46.9 Å². The van der Waals surface area contributed by atoms with E-state index in [4.69, 9.17) is 10.5 Å². The standard InChI is InChI=1S/C16H19BrN2O/c1-19-16(12-5-3-11(10-18)4-6-12)13-7-8-15(20-2)14(17)9-13/h3-9,16,19H,10,18H2,1-2H3. The van der Waals surface area contributed by atoms with Crippen LogP contribution in [0.4, 0.5) is 0 Å². The molecule has 2 aromatic rings. The third kappa shape index (κ3) is 3.20. The lowest BCUT2D eigenvalue weighted by Gasteiger charge is -2.18. The maximum Gasteiger partial charge on any atom is 0.133 e. The molecule has 0 bridgehead atoms. The van der Waals surface area contributed by atoms with Gasteiger partial charge in [-0.25, -0.2) is 0 Å². The molecule has 4 heteroatoms. The van der Waals surface area contributed by atoms with Crippen molar-refractivity contribution in [1.29, 1.82) is 0 Å². The number of hydrogen-bond acceptors (Lipinski definition) is 3. The molecule has 1 unspecified atom stereocenters. The quantitative estimate of drug-likeness (QED) is 0.882. The van der Waals surface area contributed by atoms with Crippen LogP contribution in [0.25, 0.3) is 0 Å². The topological polar surface area (TPSA) is 47.3 Å². The van der Waals surface area contributed by atoms with Crippen molar-refractivity contribution in [2.75, 3.05) is 14.2 Å². The smallest absolute Gasteiger partial charge is 0.133 e. The van der Waals surface area contributed by atoms with Crippen LogP contribution in [0.1, 0.15) is 22.7 Å². The molecule has 0 aliphatic carbocycles. The molecule has 0 spiro atoms. The molecule has 0 saturated carbocycles. The van der Waals surface area contributed by atoms with Crippen molar-refractivity contribution in [3.8, 4) is 5.75 Å². The van der Waals surface area contributed by atoms with Crippen LogP contribution in [-0.4, -0.2) is 14.2 Å². The Balaban J connectivity index is 2.33. The third-order valence-electron chi connectivity index (χ3n) is 3.35. The molecule has 0 aliphatic heterocycles. The molecular weight excluding hydrogens is 316 g/mol. The Morgan fingerprint density at radius 3 is 2.30 bits per heavy atom. The number of rotatable bonds is 5. The lowest BCUT2D eigenvalue weighted by atomic mass is 9.98. The van der Waals surface area contributed by atoms with E-state index in [1.165, 1.54) is 11.1 Å². The molecule has 0 radical (unpaired) electrons. The van der Waals surface area contributed by atoms with Crippen molar-refractivity contribution in [1.82, 2.24) is 5.32 Å². The molecule has 0 aliphatic rings. The normalized spacial score (nSPS) is 12.2. The van der Waals surface area contributed by atoms with Gasteiger partial charge in [-0.3, -0.25) is 0 Å². The minimum Gasteiger partial charge on any atom is -0.496 e. The summed E-state index contributed by atoms with van der Waals surface area (Å²) in [6, 6.07) is 14.6. The predicted molar refractivity (Wildman–Crippen MR) is 85.9 cm³/mol. The first-order valence-electron chi connectivity index (χ1n) is 6.49. The molecule has 0 aromatic heterocycles. The van der Waals surface area contributed by atoms with Gasteiger partial charge >= 0.3 is 0 Å². The van der Waals surface area contributed by atoms with Crippen LogP contribution in [0.5, 0.6) is 5.75 Å². The molecule has 2 aromatic carbocycles. The number of benzene rings is 2. The lowest BCUT2D eigenvalue weighted by Crippen LogP contribution is -2.17. The fourth-order valence-electron chi connectivity index (χ4n) is 2.23. The van der Waals surface area contributed by atoms with Crippen molar-refractivity contribution >= 4 is 15.9 Å². The highest BCUT2D eigenvalue weighted by molar-refractivity contribution is 9.10. The van der Waals surface area contributed by atoms with Gasteiger partial charge in [0.25, 0.3) is 0 Å². The molecule has 0 fully saturated rings. The Kier molecular flexibility index (Phi) is 5.17. The third-order valence-corrected chi connectivity index (χ3v) is 3.97. The molecule has 3 N–H and O–H groups in total. The van der Waals surface area contributed by atoms with Gasteiger partial charge < -0.3 is 15.8 Å². The number of nitrogens with two attached hydrogens (primary N) is 1. The van der Waals surface area contributed by atoms with E-state index in [-0.39, 0.29) is 6.04 Å². The SMILES string of the molecule is CNC(c1ccc(CN)cc1)c1ccc(OC)c(Br)c1. The number of nitrogens with one attached hydrogen (secondary N) is 1. The zero-order valence-corrected chi connectivity index (χ0v) is 13.3. The van der Waals surface area contributed by atoms with E-state index in [0.717, 1.165) is 15.8 Å². The average Bonchev–Trinajstić information content (AvgIpc) is 2.49. The first kappa shape index (κ1) is 15.0. The molecule has 0 amide bonds. The Labute approximate surface area is 128 Å². The van der Waals surface area contributed by atoms with Gasteiger partial charge in [-0.1, -0.05) is 30.3 Å². The highest BCUT2D eigenvalue weighted by Crippen LogP contribution is 2.30. The van der Waals surface area contributed by atoms with E-state index < -0.39 is 0 Å². The number of hydrogen-bond donors (Lipinski definition) is 2. The fourth-order valence-corrected chi connectivity index (χ4v) is 2.79. The summed E-state index contributed by atoms with van der Waals surface area (Å²) >= 11 is 3.53. The summed E-state index contributed by atoms with van der Waals surface area (Å²) in [5, 5.41) is 3.34. The number of methoxy groups -OCH3 is 1. The van der Waals surface area contributed by atoms with Gasteiger partial charge in [0.1, 0.15) is 5.75 Å².